The number of hydrogen-bond acceptors (Lipinski definition) is 5. The summed E-state index contributed by atoms with van der Waals surface area (Å²) in [5.74, 6) is 1.92. The van der Waals surface area contributed by atoms with Crippen molar-refractivity contribution in [1.82, 2.24) is 20.2 Å². The number of thiophene rings is 1. The lowest BCUT2D eigenvalue weighted by molar-refractivity contribution is 0.197. The molecule has 1 N–H and O–H groups in total. The third-order valence-electron chi connectivity index (χ3n) is 4.20. The minimum absolute atomic E-state index is 0.0669. The van der Waals surface area contributed by atoms with Crippen LogP contribution in [-0.4, -0.2) is 53.1 Å². The maximum atomic E-state index is 11.7. The topological polar surface area (TPSA) is 61.4 Å². The third-order valence-corrected chi connectivity index (χ3v) is 5.01. The lowest BCUT2D eigenvalue weighted by Gasteiger charge is -2.37. The molecule has 1 unspecified atom stereocenters. The predicted octanol–water partition coefficient (Wildman–Crippen LogP) is 1.47. The fourth-order valence-electron chi connectivity index (χ4n) is 3.08. The molecule has 2 aliphatic heterocycles. The Balaban J connectivity index is 1.70. The van der Waals surface area contributed by atoms with Gasteiger partial charge in [-0.15, -0.1) is 11.3 Å². The molecule has 4 heterocycles. The van der Waals surface area contributed by atoms with Crippen LogP contribution in [0.1, 0.15) is 12.7 Å². The highest BCUT2D eigenvalue weighted by molar-refractivity contribution is 7.16. The quantitative estimate of drug-likeness (QED) is 0.912. The summed E-state index contributed by atoms with van der Waals surface area (Å²) in [6, 6.07) is 2.41. The van der Waals surface area contributed by atoms with Gasteiger partial charge in [0, 0.05) is 32.6 Å². The van der Waals surface area contributed by atoms with Gasteiger partial charge in [-0.1, -0.05) is 6.92 Å². The van der Waals surface area contributed by atoms with Crippen LogP contribution in [0.5, 0.6) is 0 Å². The average Bonchev–Trinajstić information content (AvgIpc) is 3.12. The van der Waals surface area contributed by atoms with Crippen molar-refractivity contribution in [2.45, 2.75) is 19.4 Å². The minimum atomic E-state index is 0.0669. The molecule has 2 saturated heterocycles. The predicted molar refractivity (Wildman–Crippen MR) is 82.9 cm³/mol. The molecular weight excluding hydrogens is 286 g/mol. The van der Waals surface area contributed by atoms with Crippen LogP contribution in [0.3, 0.4) is 0 Å². The highest BCUT2D eigenvalue weighted by Gasteiger charge is 2.36. The van der Waals surface area contributed by atoms with Crippen molar-refractivity contribution in [3.05, 3.63) is 17.3 Å². The number of piperazine rings is 1. The van der Waals surface area contributed by atoms with E-state index in [2.05, 4.69) is 33.6 Å². The first-order valence-electron chi connectivity index (χ1n) is 7.30. The first-order valence-corrected chi connectivity index (χ1v) is 8.17. The number of urea groups is 1. The maximum Gasteiger partial charge on any atom is 0.317 e. The Morgan fingerprint density at radius 1 is 1.43 bits per heavy atom. The van der Waals surface area contributed by atoms with Gasteiger partial charge in [0.2, 0.25) is 0 Å². The summed E-state index contributed by atoms with van der Waals surface area (Å²) >= 11 is 1.66. The van der Waals surface area contributed by atoms with Crippen LogP contribution in [0.25, 0.3) is 10.2 Å². The van der Waals surface area contributed by atoms with Gasteiger partial charge in [-0.3, -0.25) is 0 Å². The summed E-state index contributed by atoms with van der Waals surface area (Å²) in [7, 11) is 0. The Kier molecular flexibility index (Phi) is 2.95. The molecular formula is C14H17N5OS. The van der Waals surface area contributed by atoms with E-state index in [0.29, 0.717) is 0 Å². The van der Waals surface area contributed by atoms with Crippen LogP contribution in [0, 0.1) is 0 Å². The first-order chi connectivity index (χ1) is 10.3. The molecule has 2 fully saturated rings. The summed E-state index contributed by atoms with van der Waals surface area (Å²) in [6.45, 7) is 5.23. The second kappa shape index (κ2) is 4.84. The molecule has 6 nitrogen and oxygen atoms in total. The Hall–Kier alpha value is -1.89. The van der Waals surface area contributed by atoms with Crippen molar-refractivity contribution in [3.63, 3.8) is 0 Å². The van der Waals surface area contributed by atoms with E-state index in [9.17, 15) is 4.79 Å². The van der Waals surface area contributed by atoms with Gasteiger partial charge in [-0.25, -0.2) is 14.8 Å². The fourth-order valence-corrected chi connectivity index (χ4v) is 3.86. The molecule has 110 valence electrons. The monoisotopic (exact) mass is 303 g/mol. The van der Waals surface area contributed by atoms with Gasteiger partial charge in [-0.05, 0) is 11.4 Å². The summed E-state index contributed by atoms with van der Waals surface area (Å²) < 4.78 is 0. The number of fused-ring (bicyclic) bond motifs is 2. The molecule has 21 heavy (non-hydrogen) atoms. The van der Waals surface area contributed by atoms with Crippen molar-refractivity contribution in [2.75, 3.05) is 31.1 Å². The number of carbonyl (C=O) groups is 1. The number of rotatable bonds is 2. The van der Waals surface area contributed by atoms with Gasteiger partial charge >= 0.3 is 6.03 Å². The zero-order valence-corrected chi connectivity index (χ0v) is 12.7. The van der Waals surface area contributed by atoms with E-state index in [4.69, 9.17) is 4.98 Å². The fraction of sp³-hybridized carbons (Fsp3) is 0.500. The number of nitrogens with zero attached hydrogens (tertiary/aromatic N) is 4. The van der Waals surface area contributed by atoms with E-state index in [1.54, 1.807) is 11.3 Å². The standard InChI is InChI=1S/C14H17N5OS/c1-2-11-16-12(10-3-6-21-13(10)17-11)18-4-5-19-9(8-18)7-15-14(19)20/h3,6,9H,2,4-5,7-8H2,1H3,(H,15,20). The number of aryl methyl sites for hydroxylation is 1. The molecule has 0 aromatic carbocycles. The van der Waals surface area contributed by atoms with E-state index in [1.807, 2.05) is 4.90 Å². The van der Waals surface area contributed by atoms with E-state index < -0.39 is 0 Å². The van der Waals surface area contributed by atoms with Gasteiger partial charge in [0.1, 0.15) is 16.5 Å². The second-order valence-corrected chi connectivity index (χ2v) is 6.33. The molecule has 2 aliphatic rings. The van der Waals surface area contributed by atoms with Crippen molar-refractivity contribution in [1.29, 1.82) is 0 Å². The van der Waals surface area contributed by atoms with Crippen LogP contribution < -0.4 is 10.2 Å². The van der Waals surface area contributed by atoms with Gasteiger partial charge in [-0.2, -0.15) is 0 Å². The summed E-state index contributed by atoms with van der Waals surface area (Å²) in [6.07, 6.45) is 0.838. The SMILES string of the molecule is CCc1nc(N2CCN3C(=O)NCC3C2)c2ccsc2n1. The summed E-state index contributed by atoms with van der Waals surface area (Å²) in [5, 5.41) is 6.11. The number of hydrogen-bond donors (Lipinski definition) is 1. The molecule has 4 rings (SSSR count). The van der Waals surface area contributed by atoms with E-state index >= 15 is 0 Å². The van der Waals surface area contributed by atoms with Gasteiger partial charge in [0.15, 0.2) is 0 Å². The average molecular weight is 303 g/mol. The Bertz CT molecular complexity index is 700. The molecule has 0 aliphatic carbocycles. The maximum absolute atomic E-state index is 11.7. The van der Waals surface area contributed by atoms with Gasteiger partial charge in [0.05, 0.1) is 11.4 Å². The Morgan fingerprint density at radius 2 is 2.33 bits per heavy atom. The summed E-state index contributed by atoms with van der Waals surface area (Å²) in [4.78, 5) is 26.3. The highest BCUT2D eigenvalue weighted by Crippen LogP contribution is 2.30. The highest BCUT2D eigenvalue weighted by atomic mass is 32.1. The lowest BCUT2D eigenvalue weighted by atomic mass is 10.2. The smallest absolute Gasteiger partial charge is 0.317 e. The number of nitrogens with one attached hydrogen (secondary N) is 1. The molecule has 0 spiro atoms. The van der Waals surface area contributed by atoms with Crippen molar-refractivity contribution in [3.8, 4) is 0 Å². The van der Waals surface area contributed by atoms with Gasteiger partial charge < -0.3 is 15.1 Å². The van der Waals surface area contributed by atoms with Crippen molar-refractivity contribution >= 4 is 33.4 Å². The minimum Gasteiger partial charge on any atom is -0.352 e. The number of aromatic nitrogens is 2. The Morgan fingerprint density at radius 3 is 3.19 bits per heavy atom. The largest absolute Gasteiger partial charge is 0.352 e. The molecule has 7 heteroatoms. The van der Waals surface area contributed by atoms with Crippen molar-refractivity contribution < 1.29 is 4.79 Å². The second-order valence-electron chi connectivity index (χ2n) is 5.44. The molecule has 2 amide bonds. The Labute approximate surface area is 126 Å². The zero-order chi connectivity index (χ0) is 14.4. The summed E-state index contributed by atoms with van der Waals surface area (Å²) in [5.41, 5.74) is 0. The number of amides is 2. The van der Waals surface area contributed by atoms with Crippen molar-refractivity contribution in [2.24, 2.45) is 0 Å². The van der Waals surface area contributed by atoms with Crippen LogP contribution in [-0.2, 0) is 6.42 Å². The van der Waals surface area contributed by atoms with Crippen LogP contribution >= 0.6 is 11.3 Å². The van der Waals surface area contributed by atoms with E-state index in [0.717, 1.165) is 54.5 Å². The third kappa shape index (κ3) is 2.03. The van der Waals surface area contributed by atoms with E-state index in [1.165, 1.54) is 0 Å². The van der Waals surface area contributed by atoms with Crippen LogP contribution in [0.4, 0.5) is 10.6 Å². The number of anilines is 1. The zero-order valence-electron chi connectivity index (χ0n) is 11.9. The molecule has 2 aromatic rings. The van der Waals surface area contributed by atoms with E-state index in [-0.39, 0.29) is 12.1 Å². The van der Waals surface area contributed by atoms with Crippen LogP contribution in [0.15, 0.2) is 11.4 Å². The lowest BCUT2D eigenvalue weighted by Crippen LogP contribution is -2.52. The molecule has 0 saturated carbocycles. The first kappa shape index (κ1) is 12.8. The molecule has 2 aromatic heterocycles. The van der Waals surface area contributed by atoms with Gasteiger partial charge in [0.25, 0.3) is 0 Å². The molecule has 0 bridgehead atoms. The number of carbonyl (C=O) groups excluding carboxylic acids is 1. The molecule has 1 atom stereocenters. The normalized spacial score (nSPS) is 21.8. The van der Waals surface area contributed by atoms with Crippen LogP contribution in [0.2, 0.25) is 0 Å². The molecule has 0 radical (unpaired) electrons.